The monoisotopic (exact) mass is 256 g/mol. The molecule has 0 atom stereocenters. The fraction of sp³-hybridized carbons (Fsp3) is 0. The third kappa shape index (κ3) is 1.41. The van der Waals surface area contributed by atoms with Gasteiger partial charge in [0.25, 0.3) is 0 Å². The molecule has 3 heteroatoms. The average Bonchev–Trinajstić information content (AvgIpc) is 2.49. The van der Waals surface area contributed by atoms with Crippen molar-refractivity contribution in [1.82, 2.24) is 0 Å². The molecule has 0 amide bonds. The van der Waals surface area contributed by atoms with Crippen molar-refractivity contribution in [2.45, 2.75) is 0 Å². The van der Waals surface area contributed by atoms with E-state index in [1.54, 1.807) is 6.07 Å². The van der Waals surface area contributed by atoms with Gasteiger partial charge < -0.3 is 0 Å². The number of rotatable bonds is 0. The fourth-order valence-electron chi connectivity index (χ4n) is 2.60. The molecule has 3 rings (SSSR count). The van der Waals surface area contributed by atoms with Crippen LogP contribution in [-0.2, 0) is 0 Å². The third-order valence-electron chi connectivity index (χ3n) is 3.47. The van der Waals surface area contributed by atoms with Crippen molar-refractivity contribution in [3.05, 3.63) is 65.3 Å². The van der Waals surface area contributed by atoms with E-state index in [9.17, 15) is 4.79 Å². The Hall–Kier alpha value is -3.17. The summed E-state index contributed by atoms with van der Waals surface area (Å²) in [5.41, 5.74) is 1.77. The van der Waals surface area contributed by atoms with Gasteiger partial charge in [0.15, 0.2) is 5.78 Å². The summed E-state index contributed by atoms with van der Waals surface area (Å²) in [7, 11) is 0. The molecule has 0 saturated heterocycles. The largest absolute Gasteiger partial charge is 0.289 e. The molecule has 0 aromatic heterocycles. The summed E-state index contributed by atoms with van der Waals surface area (Å²) in [6.07, 6.45) is 0. The fourth-order valence-corrected chi connectivity index (χ4v) is 2.60. The van der Waals surface area contributed by atoms with Gasteiger partial charge in [-0.25, -0.2) is 0 Å². The zero-order chi connectivity index (χ0) is 14.3. The highest BCUT2D eigenvalue weighted by Gasteiger charge is 2.28. The van der Waals surface area contributed by atoms with Gasteiger partial charge in [0, 0.05) is 22.1 Å². The number of carbonyl (C=O) groups is 1. The summed E-state index contributed by atoms with van der Waals surface area (Å²) in [5, 5.41) is 19.9. The normalized spacial score (nSPS) is 13.0. The first-order valence-electron chi connectivity index (χ1n) is 5.99. The van der Waals surface area contributed by atoms with Crippen molar-refractivity contribution >= 4 is 22.1 Å². The predicted molar refractivity (Wildman–Crippen MR) is 75.6 cm³/mol. The number of nitrogens with zero attached hydrogens (tertiary/aromatic N) is 2. The lowest BCUT2D eigenvalue weighted by Crippen LogP contribution is -2.13. The van der Waals surface area contributed by atoms with Crippen LogP contribution in [0.15, 0.2) is 54.1 Å². The third-order valence-corrected chi connectivity index (χ3v) is 3.47. The Morgan fingerprint density at radius 3 is 2.20 bits per heavy atom. The van der Waals surface area contributed by atoms with Crippen molar-refractivity contribution in [2.75, 3.05) is 0 Å². The first kappa shape index (κ1) is 11.9. The molecule has 92 valence electrons. The number of carbonyl (C=O) groups excluding carboxylic acids is 1. The Morgan fingerprint density at radius 2 is 1.60 bits per heavy atom. The second kappa shape index (κ2) is 4.19. The van der Waals surface area contributed by atoms with Crippen LogP contribution in [0.3, 0.4) is 0 Å². The maximum atomic E-state index is 12.4. The van der Waals surface area contributed by atoms with Crippen LogP contribution in [0.5, 0.6) is 0 Å². The van der Waals surface area contributed by atoms with Crippen LogP contribution in [0.4, 0.5) is 0 Å². The van der Waals surface area contributed by atoms with Crippen LogP contribution in [-0.4, -0.2) is 5.78 Å². The highest BCUT2D eigenvalue weighted by Crippen LogP contribution is 2.39. The number of hydrogen-bond acceptors (Lipinski definition) is 3. The second-order valence-corrected chi connectivity index (χ2v) is 4.49. The first-order chi connectivity index (χ1) is 9.69. The molecule has 0 spiro atoms. The van der Waals surface area contributed by atoms with E-state index in [0.717, 1.165) is 16.3 Å². The van der Waals surface area contributed by atoms with Gasteiger partial charge in [0.2, 0.25) is 0 Å². The summed E-state index contributed by atoms with van der Waals surface area (Å²) in [5.74, 6) is -0.229. The molecule has 20 heavy (non-hydrogen) atoms. The van der Waals surface area contributed by atoms with Crippen molar-refractivity contribution in [2.24, 2.45) is 0 Å². The zero-order valence-electron chi connectivity index (χ0n) is 10.5. The molecule has 0 radical (unpaired) electrons. The summed E-state index contributed by atoms with van der Waals surface area (Å²) in [6, 6.07) is 14.7. The Labute approximate surface area is 115 Å². The molecule has 0 bridgehead atoms. The van der Waals surface area contributed by atoms with Gasteiger partial charge >= 0.3 is 0 Å². The summed E-state index contributed by atoms with van der Waals surface area (Å²) in [6.45, 7) is 3.77. The van der Waals surface area contributed by atoms with Crippen LogP contribution in [0, 0.1) is 22.7 Å². The molecule has 2 aromatic carbocycles. The van der Waals surface area contributed by atoms with Gasteiger partial charge in [-0.1, -0.05) is 43.0 Å². The summed E-state index contributed by atoms with van der Waals surface area (Å²) < 4.78 is 0. The molecule has 0 unspecified atom stereocenters. The maximum absolute atomic E-state index is 12.4. The molecule has 0 aliphatic heterocycles. The predicted octanol–water partition coefficient (Wildman–Crippen LogP) is 3.39. The van der Waals surface area contributed by atoms with E-state index in [1.807, 2.05) is 42.5 Å². The first-order valence-corrected chi connectivity index (χ1v) is 5.99. The SMILES string of the molecule is C=C1C(=O)c2cccc3cccc(c23)C1=C(C#N)C#N. The Morgan fingerprint density at radius 1 is 1.00 bits per heavy atom. The van der Waals surface area contributed by atoms with Crippen LogP contribution in [0.1, 0.15) is 15.9 Å². The summed E-state index contributed by atoms with van der Waals surface area (Å²) >= 11 is 0. The average molecular weight is 256 g/mol. The van der Waals surface area contributed by atoms with Gasteiger partial charge in [0.05, 0.1) is 0 Å². The van der Waals surface area contributed by atoms with Crippen molar-refractivity contribution in [3.63, 3.8) is 0 Å². The quantitative estimate of drug-likeness (QED) is 0.536. The molecule has 1 aliphatic rings. The van der Waals surface area contributed by atoms with Gasteiger partial charge in [0.1, 0.15) is 17.7 Å². The molecular weight excluding hydrogens is 248 g/mol. The summed E-state index contributed by atoms with van der Waals surface area (Å²) in [4.78, 5) is 12.4. The highest BCUT2D eigenvalue weighted by molar-refractivity contribution is 6.29. The lowest BCUT2D eigenvalue weighted by atomic mass is 9.80. The minimum atomic E-state index is -0.229. The van der Waals surface area contributed by atoms with E-state index < -0.39 is 0 Å². The standard InChI is InChI=1S/C17H8N2O/c1-10-15(12(8-18)9-19)13-6-2-4-11-5-3-7-14(16(11)13)17(10)20/h2-7H,1H2. The molecule has 0 fully saturated rings. The van der Waals surface area contributed by atoms with Gasteiger partial charge in [-0.05, 0) is 10.9 Å². The molecular formula is C17H8N2O. The lowest BCUT2D eigenvalue weighted by Gasteiger charge is -2.21. The van der Waals surface area contributed by atoms with E-state index in [1.165, 1.54) is 0 Å². The minimum Gasteiger partial charge on any atom is -0.289 e. The van der Waals surface area contributed by atoms with E-state index in [4.69, 9.17) is 10.5 Å². The number of allylic oxidation sites excluding steroid dienone is 3. The van der Waals surface area contributed by atoms with Crippen molar-refractivity contribution in [3.8, 4) is 12.1 Å². The zero-order valence-corrected chi connectivity index (χ0v) is 10.5. The highest BCUT2D eigenvalue weighted by atomic mass is 16.1. The van der Waals surface area contributed by atoms with Crippen LogP contribution < -0.4 is 0 Å². The maximum Gasteiger partial charge on any atom is 0.193 e. The van der Waals surface area contributed by atoms with Crippen LogP contribution >= 0.6 is 0 Å². The van der Waals surface area contributed by atoms with E-state index >= 15 is 0 Å². The topological polar surface area (TPSA) is 64.7 Å². The van der Waals surface area contributed by atoms with Crippen LogP contribution in [0.2, 0.25) is 0 Å². The Bertz CT molecular complexity index is 883. The number of hydrogen-bond donors (Lipinski definition) is 0. The van der Waals surface area contributed by atoms with Gasteiger partial charge in [-0.15, -0.1) is 0 Å². The van der Waals surface area contributed by atoms with Crippen LogP contribution in [0.25, 0.3) is 16.3 Å². The number of benzene rings is 2. The molecule has 0 N–H and O–H groups in total. The lowest BCUT2D eigenvalue weighted by molar-refractivity contribution is 0.104. The van der Waals surface area contributed by atoms with Crippen molar-refractivity contribution in [1.29, 1.82) is 10.5 Å². The van der Waals surface area contributed by atoms with Gasteiger partial charge in [-0.3, -0.25) is 4.79 Å². The molecule has 1 aliphatic carbocycles. The van der Waals surface area contributed by atoms with E-state index in [0.29, 0.717) is 11.1 Å². The molecule has 2 aromatic rings. The molecule has 0 saturated carbocycles. The van der Waals surface area contributed by atoms with E-state index in [-0.39, 0.29) is 16.9 Å². The smallest absolute Gasteiger partial charge is 0.193 e. The number of nitriles is 2. The number of ketones is 1. The Kier molecular flexibility index (Phi) is 2.49. The molecule has 3 nitrogen and oxygen atoms in total. The number of Topliss-reactive ketones (excluding diaryl/α,β-unsaturated/α-hetero) is 1. The Balaban J connectivity index is 2.57. The van der Waals surface area contributed by atoms with Gasteiger partial charge in [-0.2, -0.15) is 10.5 Å². The molecule has 0 heterocycles. The van der Waals surface area contributed by atoms with Crippen molar-refractivity contribution < 1.29 is 4.79 Å². The second-order valence-electron chi connectivity index (χ2n) is 4.49. The van der Waals surface area contributed by atoms with E-state index in [2.05, 4.69) is 6.58 Å². The minimum absolute atomic E-state index is 0.0784.